The van der Waals surface area contributed by atoms with E-state index in [1.807, 2.05) is 4.90 Å². The van der Waals surface area contributed by atoms with Crippen molar-refractivity contribution in [1.82, 2.24) is 9.80 Å². The van der Waals surface area contributed by atoms with Gasteiger partial charge in [-0.2, -0.15) is 0 Å². The first-order chi connectivity index (χ1) is 9.22. The molecular formula is C15H26N2O2. The van der Waals surface area contributed by atoms with E-state index < -0.39 is 0 Å². The Labute approximate surface area is 116 Å². The molecule has 3 aliphatic rings. The van der Waals surface area contributed by atoms with Crippen LogP contribution in [0.1, 0.15) is 51.9 Å². The Morgan fingerprint density at radius 2 is 1.89 bits per heavy atom. The van der Waals surface area contributed by atoms with Gasteiger partial charge in [0.2, 0.25) is 0 Å². The number of nitrogens with zero attached hydrogens (tertiary/aromatic N) is 2. The molecule has 0 radical (unpaired) electrons. The Bertz CT molecular complexity index is 331. The minimum atomic E-state index is -0.166. The molecule has 1 aliphatic carbocycles. The molecule has 4 nitrogen and oxygen atoms in total. The summed E-state index contributed by atoms with van der Waals surface area (Å²) in [5.41, 5.74) is -0.166. The van der Waals surface area contributed by atoms with E-state index in [4.69, 9.17) is 4.74 Å². The molecular weight excluding hydrogens is 240 g/mol. The van der Waals surface area contributed by atoms with Crippen LogP contribution in [0.4, 0.5) is 4.79 Å². The highest BCUT2D eigenvalue weighted by molar-refractivity contribution is 5.71. The summed E-state index contributed by atoms with van der Waals surface area (Å²) < 4.78 is 5.81. The van der Waals surface area contributed by atoms with E-state index in [1.54, 1.807) is 0 Å². The first-order valence-electron chi connectivity index (χ1n) is 7.94. The molecule has 2 saturated heterocycles. The van der Waals surface area contributed by atoms with Crippen LogP contribution in [0.25, 0.3) is 0 Å². The molecule has 0 aromatic rings. The zero-order chi connectivity index (χ0) is 13.3. The number of ether oxygens (including phenoxy) is 1. The molecule has 3 fully saturated rings. The number of amides is 1. The summed E-state index contributed by atoms with van der Waals surface area (Å²) in [6, 6.07) is 0.449. The number of rotatable bonds is 2. The van der Waals surface area contributed by atoms with Crippen LogP contribution in [0.2, 0.25) is 0 Å². The average Bonchev–Trinajstić information content (AvgIpc) is 2.77. The third-order valence-electron chi connectivity index (χ3n) is 5.23. The Hall–Kier alpha value is -0.770. The van der Waals surface area contributed by atoms with Gasteiger partial charge in [0, 0.05) is 32.0 Å². The van der Waals surface area contributed by atoms with Crippen molar-refractivity contribution in [3.63, 3.8) is 0 Å². The smallest absolute Gasteiger partial charge is 0.410 e. The average molecular weight is 266 g/mol. The molecule has 1 saturated carbocycles. The predicted molar refractivity (Wildman–Crippen MR) is 74.1 cm³/mol. The molecule has 2 aliphatic heterocycles. The summed E-state index contributed by atoms with van der Waals surface area (Å²) in [6.45, 7) is 6.29. The van der Waals surface area contributed by atoms with Gasteiger partial charge in [0.05, 0.1) is 6.54 Å². The lowest BCUT2D eigenvalue weighted by atomic mass is 9.89. The van der Waals surface area contributed by atoms with Crippen molar-refractivity contribution in [3.05, 3.63) is 0 Å². The SMILES string of the molecule is CCN1CCC2(CC1)CN(C1CCCCC1)C(=O)O2. The van der Waals surface area contributed by atoms with E-state index in [0.717, 1.165) is 39.0 Å². The molecule has 0 aromatic carbocycles. The number of piperidine rings is 1. The highest BCUT2D eigenvalue weighted by Gasteiger charge is 2.48. The molecule has 2 heterocycles. The molecule has 1 spiro atoms. The summed E-state index contributed by atoms with van der Waals surface area (Å²) in [5.74, 6) is 0. The third-order valence-corrected chi connectivity index (χ3v) is 5.23. The molecule has 0 aromatic heterocycles. The van der Waals surface area contributed by atoms with Crippen LogP contribution in [0, 0.1) is 0 Å². The topological polar surface area (TPSA) is 32.8 Å². The first kappa shape index (κ1) is 13.2. The number of carbonyl (C=O) groups is 1. The first-order valence-corrected chi connectivity index (χ1v) is 7.94. The minimum absolute atomic E-state index is 0.0446. The third kappa shape index (κ3) is 2.60. The molecule has 3 rings (SSSR count). The zero-order valence-electron chi connectivity index (χ0n) is 12.1. The van der Waals surface area contributed by atoms with Gasteiger partial charge in [0.1, 0.15) is 5.60 Å². The Morgan fingerprint density at radius 3 is 2.53 bits per heavy atom. The molecule has 1 amide bonds. The molecule has 19 heavy (non-hydrogen) atoms. The van der Waals surface area contributed by atoms with Crippen molar-refractivity contribution in [2.45, 2.75) is 63.5 Å². The fourth-order valence-corrected chi connectivity index (χ4v) is 3.86. The maximum Gasteiger partial charge on any atom is 0.410 e. The summed E-state index contributed by atoms with van der Waals surface area (Å²) in [5, 5.41) is 0. The quantitative estimate of drug-likeness (QED) is 0.770. The van der Waals surface area contributed by atoms with E-state index in [1.165, 1.54) is 32.1 Å². The van der Waals surface area contributed by atoms with Gasteiger partial charge < -0.3 is 14.5 Å². The van der Waals surface area contributed by atoms with Crippen LogP contribution in [0.15, 0.2) is 0 Å². The molecule has 108 valence electrons. The van der Waals surface area contributed by atoms with E-state index in [-0.39, 0.29) is 11.7 Å². The van der Waals surface area contributed by atoms with Crippen LogP contribution < -0.4 is 0 Å². The summed E-state index contributed by atoms with van der Waals surface area (Å²) in [4.78, 5) is 16.7. The maximum absolute atomic E-state index is 12.2. The molecule has 0 atom stereocenters. The van der Waals surface area contributed by atoms with Crippen molar-refractivity contribution in [2.24, 2.45) is 0 Å². The van der Waals surface area contributed by atoms with Crippen molar-refractivity contribution in [3.8, 4) is 0 Å². The van der Waals surface area contributed by atoms with Crippen LogP contribution in [-0.4, -0.2) is 53.7 Å². The van der Waals surface area contributed by atoms with Gasteiger partial charge in [-0.25, -0.2) is 4.79 Å². The van der Waals surface area contributed by atoms with Gasteiger partial charge in [-0.1, -0.05) is 26.2 Å². The normalized spacial score (nSPS) is 28.9. The highest BCUT2D eigenvalue weighted by atomic mass is 16.6. The largest absolute Gasteiger partial charge is 0.441 e. The second-order valence-electron chi connectivity index (χ2n) is 6.40. The van der Waals surface area contributed by atoms with Crippen molar-refractivity contribution >= 4 is 6.09 Å². The van der Waals surface area contributed by atoms with Gasteiger partial charge in [-0.15, -0.1) is 0 Å². The van der Waals surface area contributed by atoms with E-state index in [9.17, 15) is 4.79 Å². The fraction of sp³-hybridized carbons (Fsp3) is 0.933. The summed E-state index contributed by atoms with van der Waals surface area (Å²) in [7, 11) is 0. The Morgan fingerprint density at radius 1 is 1.21 bits per heavy atom. The second-order valence-corrected chi connectivity index (χ2v) is 6.40. The highest BCUT2D eigenvalue weighted by Crippen LogP contribution is 2.36. The Kier molecular flexibility index (Phi) is 3.70. The summed E-state index contributed by atoms with van der Waals surface area (Å²) >= 11 is 0. The van der Waals surface area contributed by atoms with Crippen LogP contribution in [0.5, 0.6) is 0 Å². The number of hydrogen-bond donors (Lipinski definition) is 0. The second kappa shape index (κ2) is 5.31. The van der Waals surface area contributed by atoms with Gasteiger partial charge in [0.25, 0.3) is 0 Å². The van der Waals surface area contributed by atoms with Gasteiger partial charge in [-0.3, -0.25) is 0 Å². The maximum atomic E-state index is 12.2. The molecule has 4 heteroatoms. The Balaban J connectivity index is 1.62. The minimum Gasteiger partial charge on any atom is -0.441 e. The van der Waals surface area contributed by atoms with Crippen LogP contribution in [-0.2, 0) is 4.74 Å². The number of carbonyl (C=O) groups excluding carboxylic acids is 1. The van der Waals surface area contributed by atoms with Gasteiger partial charge >= 0.3 is 6.09 Å². The van der Waals surface area contributed by atoms with E-state index in [0.29, 0.717) is 6.04 Å². The lowest BCUT2D eigenvalue weighted by Crippen LogP contribution is -2.47. The number of likely N-dealkylation sites (tertiary alicyclic amines) is 1. The van der Waals surface area contributed by atoms with E-state index in [2.05, 4.69) is 11.8 Å². The van der Waals surface area contributed by atoms with Gasteiger partial charge in [0.15, 0.2) is 0 Å². The van der Waals surface area contributed by atoms with Gasteiger partial charge in [-0.05, 0) is 19.4 Å². The van der Waals surface area contributed by atoms with Crippen molar-refractivity contribution < 1.29 is 9.53 Å². The molecule has 0 N–H and O–H groups in total. The van der Waals surface area contributed by atoms with Crippen molar-refractivity contribution in [2.75, 3.05) is 26.2 Å². The van der Waals surface area contributed by atoms with Crippen LogP contribution in [0.3, 0.4) is 0 Å². The lowest BCUT2D eigenvalue weighted by molar-refractivity contribution is 0.00187. The van der Waals surface area contributed by atoms with Crippen LogP contribution >= 0.6 is 0 Å². The zero-order valence-corrected chi connectivity index (χ0v) is 12.1. The lowest BCUT2D eigenvalue weighted by Gasteiger charge is -2.37. The molecule has 0 unspecified atom stereocenters. The van der Waals surface area contributed by atoms with Crippen molar-refractivity contribution in [1.29, 1.82) is 0 Å². The monoisotopic (exact) mass is 266 g/mol. The fourth-order valence-electron chi connectivity index (χ4n) is 3.86. The molecule has 0 bridgehead atoms. The standard InChI is InChI=1S/C15H26N2O2/c1-2-16-10-8-15(9-11-16)12-17(14(18)19-15)13-6-4-3-5-7-13/h13H,2-12H2,1H3. The number of hydrogen-bond acceptors (Lipinski definition) is 3. The predicted octanol–water partition coefficient (Wildman–Crippen LogP) is 2.63. The summed E-state index contributed by atoms with van der Waals surface area (Å²) in [6.07, 6.45) is 8.19. The van der Waals surface area contributed by atoms with E-state index >= 15 is 0 Å².